The second-order valence-electron chi connectivity index (χ2n) is 3.56. The molecule has 0 saturated carbocycles. The molecule has 6 heteroatoms. The predicted octanol–water partition coefficient (Wildman–Crippen LogP) is 2.13. The zero-order valence-corrected chi connectivity index (χ0v) is 11.3. The third kappa shape index (κ3) is 5.34. The first-order chi connectivity index (χ1) is 9.34. The normalized spacial score (nSPS) is 8.90. The number of aryl methyl sites for hydroxylation is 1. The van der Waals surface area contributed by atoms with E-state index in [1.807, 2.05) is 0 Å². The smallest absolute Gasteiger partial charge is 0.336 e. The molecule has 0 aliphatic heterocycles. The van der Waals surface area contributed by atoms with E-state index in [1.54, 1.807) is 19.9 Å². The first-order valence-electron chi connectivity index (χ1n) is 5.70. The van der Waals surface area contributed by atoms with Crippen molar-refractivity contribution in [2.45, 2.75) is 13.8 Å². The van der Waals surface area contributed by atoms with E-state index in [0.29, 0.717) is 12.2 Å². The third-order valence-electron chi connectivity index (χ3n) is 2.17. The van der Waals surface area contributed by atoms with Gasteiger partial charge in [0.25, 0.3) is 0 Å². The van der Waals surface area contributed by atoms with E-state index in [4.69, 9.17) is 10.2 Å². The van der Waals surface area contributed by atoms with Crippen molar-refractivity contribution in [2.24, 2.45) is 0 Å². The van der Waals surface area contributed by atoms with E-state index in [0.717, 1.165) is 6.08 Å². The molecule has 0 aromatic heterocycles. The molecule has 0 amide bonds. The molecule has 0 unspecified atom stereocenters. The van der Waals surface area contributed by atoms with Crippen LogP contribution in [0.5, 0.6) is 0 Å². The van der Waals surface area contributed by atoms with Gasteiger partial charge in [0.05, 0.1) is 17.7 Å². The molecule has 1 rings (SSSR count). The standard InChI is InChI=1S/C9H8O4.C5H8O2/c1-5-3-2-4-6(8(10)11)7(5)9(12)13;1-3-5(6)7-4-2/h2-4H,1H3,(H,10,11)(H,12,13);3H,1,4H2,2H3. The van der Waals surface area contributed by atoms with Crippen molar-refractivity contribution >= 4 is 17.9 Å². The molecule has 0 fully saturated rings. The molecule has 0 aliphatic rings. The molecular formula is C14H16O6. The number of hydrogen-bond donors (Lipinski definition) is 2. The summed E-state index contributed by atoms with van der Waals surface area (Å²) in [4.78, 5) is 31.4. The van der Waals surface area contributed by atoms with Crippen LogP contribution in [0.4, 0.5) is 0 Å². The lowest BCUT2D eigenvalue weighted by molar-refractivity contribution is -0.137. The van der Waals surface area contributed by atoms with Crippen molar-refractivity contribution < 1.29 is 29.3 Å². The lowest BCUT2D eigenvalue weighted by Crippen LogP contribution is -2.09. The average Bonchev–Trinajstić information content (AvgIpc) is 2.38. The highest BCUT2D eigenvalue weighted by atomic mass is 16.5. The average molecular weight is 280 g/mol. The van der Waals surface area contributed by atoms with Crippen molar-refractivity contribution in [3.05, 3.63) is 47.5 Å². The minimum atomic E-state index is -1.22. The Kier molecular flexibility index (Phi) is 7.35. The molecule has 0 aliphatic carbocycles. The van der Waals surface area contributed by atoms with Gasteiger partial charge in [-0.25, -0.2) is 14.4 Å². The lowest BCUT2D eigenvalue weighted by atomic mass is 10.0. The van der Waals surface area contributed by atoms with Crippen LogP contribution in [-0.2, 0) is 9.53 Å². The highest BCUT2D eigenvalue weighted by Crippen LogP contribution is 2.13. The van der Waals surface area contributed by atoms with Gasteiger partial charge in [-0.3, -0.25) is 0 Å². The summed E-state index contributed by atoms with van der Waals surface area (Å²) in [5.74, 6) is -2.79. The van der Waals surface area contributed by atoms with Gasteiger partial charge in [-0.05, 0) is 25.5 Å². The van der Waals surface area contributed by atoms with Crippen LogP contribution in [0.25, 0.3) is 0 Å². The van der Waals surface area contributed by atoms with Crippen LogP contribution >= 0.6 is 0 Å². The van der Waals surface area contributed by atoms with Crippen LogP contribution in [-0.4, -0.2) is 34.7 Å². The topological polar surface area (TPSA) is 101 Å². The molecule has 1 aromatic rings. The number of carboxylic acids is 2. The largest absolute Gasteiger partial charge is 0.478 e. The number of esters is 1. The van der Waals surface area contributed by atoms with E-state index in [-0.39, 0.29) is 17.1 Å². The maximum Gasteiger partial charge on any atom is 0.336 e. The summed E-state index contributed by atoms with van der Waals surface area (Å²) in [6, 6.07) is 4.36. The van der Waals surface area contributed by atoms with Gasteiger partial charge in [0, 0.05) is 6.08 Å². The minimum Gasteiger partial charge on any atom is -0.478 e. The van der Waals surface area contributed by atoms with Crippen molar-refractivity contribution in [2.75, 3.05) is 6.61 Å². The van der Waals surface area contributed by atoms with E-state index in [2.05, 4.69) is 11.3 Å². The number of aromatic carboxylic acids is 2. The maximum atomic E-state index is 10.7. The van der Waals surface area contributed by atoms with Crippen molar-refractivity contribution in [1.29, 1.82) is 0 Å². The SMILES string of the molecule is C=CC(=O)OCC.Cc1cccc(C(=O)O)c1C(=O)O. The van der Waals surface area contributed by atoms with E-state index < -0.39 is 11.9 Å². The maximum absolute atomic E-state index is 10.7. The highest BCUT2D eigenvalue weighted by Gasteiger charge is 2.17. The summed E-state index contributed by atoms with van der Waals surface area (Å²) in [5.41, 5.74) is 0.134. The zero-order chi connectivity index (χ0) is 15.7. The van der Waals surface area contributed by atoms with E-state index in [9.17, 15) is 14.4 Å². The molecule has 2 N–H and O–H groups in total. The van der Waals surface area contributed by atoms with Gasteiger partial charge in [0.2, 0.25) is 0 Å². The van der Waals surface area contributed by atoms with Crippen LogP contribution < -0.4 is 0 Å². The fourth-order valence-corrected chi connectivity index (χ4v) is 1.33. The number of rotatable bonds is 4. The molecule has 108 valence electrons. The lowest BCUT2D eigenvalue weighted by Gasteiger charge is -2.03. The number of carbonyl (C=O) groups is 3. The number of carboxylic acid groups (broad SMARTS) is 2. The van der Waals surface area contributed by atoms with Gasteiger partial charge < -0.3 is 14.9 Å². The number of benzene rings is 1. The van der Waals surface area contributed by atoms with Crippen molar-refractivity contribution in [3.63, 3.8) is 0 Å². The quantitative estimate of drug-likeness (QED) is 0.647. The van der Waals surface area contributed by atoms with E-state index in [1.165, 1.54) is 12.1 Å². The third-order valence-corrected chi connectivity index (χ3v) is 2.17. The molecule has 6 nitrogen and oxygen atoms in total. The zero-order valence-electron chi connectivity index (χ0n) is 11.3. The van der Waals surface area contributed by atoms with Crippen LogP contribution in [0, 0.1) is 6.92 Å². The van der Waals surface area contributed by atoms with Crippen molar-refractivity contribution in [1.82, 2.24) is 0 Å². The Hall–Kier alpha value is -2.63. The fraction of sp³-hybridized carbons (Fsp3) is 0.214. The summed E-state index contributed by atoms with van der Waals surface area (Å²) in [6.45, 7) is 6.94. The first kappa shape index (κ1) is 17.4. The summed E-state index contributed by atoms with van der Waals surface area (Å²) in [6.07, 6.45) is 1.14. The van der Waals surface area contributed by atoms with Crippen molar-refractivity contribution in [3.8, 4) is 0 Å². The van der Waals surface area contributed by atoms with Crippen LogP contribution in [0.3, 0.4) is 0 Å². The summed E-state index contributed by atoms with van der Waals surface area (Å²) in [5, 5.41) is 17.4. The monoisotopic (exact) mass is 280 g/mol. The Labute approximate surface area is 116 Å². The van der Waals surface area contributed by atoms with Crippen LogP contribution in [0.1, 0.15) is 33.2 Å². The van der Waals surface area contributed by atoms with Gasteiger partial charge in [0.15, 0.2) is 0 Å². The molecule has 0 atom stereocenters. The number of hydrogen-bond acceptors (Lipinski definition) is 4. The summed E-state index contributed by atoms with van der Waals surface area (Å²) >= 11 is 0. The Balaban J connectivity index is 0.000000441. The Morgan fingerprint density at radius 3 is 2.15 bits per heavy atom. The molecule has 1 aromatic carbocycles. The Morgan fingerprint density at radius 2 is 1.85 bits per heavy atom. The predicted molar refractivity (Wildman–Crippen MR) is 71.9 cm³/mol. The number of carbonyl (C=O) groups excluding carboxylic acids is 1. The molecule has 0 saturated heterocycles. The summed E-state index contributed by atoms with van der Waals surface area (Å²) < 4.78 is 4.43. The van der Waals surface area contributed by atoms with Crippen LogP contribution in [0.15, 0.2) is 30.9 Å². The minimum absolute atomic E-state index is 0.144. The second-order valence-corrected chi connectivity index (χ2v) is 3.56. The molecule has 0 heterocycles. The fourth-order valence-electron chi connectivity index (χ4n) is 1.33. The molecule has 0 spiro atoms. The van der Waals surface area contributed by atoms with Gasteiger partial charge in [-0.2, -0.15) is 0 Å². The van der Waals surface area contributed by atoms with E-state index >= 15 is 0 Å². The van der Waals surface area contributed by atoms with Gasteiger partial charge in [0.1, 0.15) is 0 Å². The Bertz CT molecular complexity index is 518. The molecule has 0 radical (unpaired) electrons. The Morgan fingerprint density at radius 1 is 1.25 bits per heavy atom. The first-order valence-corrected chi connectivity index (χ1v) is 5.70. The molecular weight excluding hydrogens is 264 g/mol. The molecule has 0 bridgehead atoms. The highest BCUT2D eigenvalue weighted by molar-refractivity contribution is 6.02. The van der Waals surface area contributed by atoms with Crippen LogP contribution in [0.2, 0.25) is 0 Å². The molecule has 20 heavy (non-hydrogen) atoms. The van der Waals surface area contributed by atoms with Gasteiger partial charge in [-0.15, -0.1) is 0 Å². The van der Waals surface area contributed by atoms with Gasteiger partial charge >= 0.3 is 17.9 Å². The summed E-state index contributed by atoms with van der Waals surface area (Å²) in [7, 11) is 0. The number of ether oxygens (including phenoxy) is 1. The van der Waals surface area contributed by atoms with Gasteiger partial charge in [-0.1, -0.05) is 18.7 Å². The second kappa shape index (κ2) is 8.47.